The summed E-state index contributed by atoms with van der Waals surface area (Å²) in [6.07, 6.45) is -4.47. The molecule has 30 heavy (non-hydrogen) atoms. The maximum absolute atomic E-state index is 13.2. The fraction of sp³-hybridized carbons (Fsp3) is 0.238. The molecule has 1 fully saturated rings. The molecule has 2 aromatic carbocycles. The summed E-state index contributed by atoms with van der Waals surface area (Å²) in [4.78, 5) is 14.7. The van der Waals surface area contributed by atoms with Gasteiger partial charge in [0.05, 0.1) is 16.9 Å². The highest BCUT2D eigenvalue weighted by Gasteiger charge is 2.31. The van der Waals surface area contributed by atoms with Crippen LogP contribution < -0.4 is 0 Å². The summed E-state index contributed by atoms with van der Waals surface area (Å²) < 4.78 is 41.2. The van der Waals surface area contributed by atoms with E-state index in [4.69, 9.17) is 11.6 Å². The minimum atomic E-state index is -4.47. The molecule has 1 aliphatic rings. The average molecular weight is 452 g/mol. The van der Waals surface area contributed by atoms with Crippen LogP contribution in [-0.2, 0) is 6.18 Å². The minimum absolute atomic E-state index is 0.189. The number of hydrogen-bond donors (Lipinski definition) is 0. The molecule has 3 aromatic rings. The number of rotatable bonds is 3. The second-order valence-electron chi connectivity index (χ2n) is 6.79. The first-order chi connectivity index (χ1) is 14.3. The first-order valence-electron chi connectivity index (χ1n) is 9.23. The second kappa shape index (κ2) is 8.35. The van der Waals surface area contributed by atoms with Gasteiger partial charge >= 0.3 is 6.18 Å². The van der Waals surface area contributed by atoms with Gasteiger partial charge < -0.3 is 4.90 Å². The smallest absolute Gasteiger partial charge is 0.336 e. The highest BCUT2D eigenvalue weighted by atomic mass is 35.5. The number of halogens is 4. The average Bonchev–Trinajstić information content (AvgIpc) is 3.19. The van der Waals surface area contributed by atoms with Crippen molar-refractivity contribution in [1.82, 2.24) is 14.7 Å². The highest BCUT2D eigenvalue weighted by Crippen LogP contribution is 2.33. The fourth-order valence-corrected chi connectivity index (χ4v) is 4.37. The van der Waals surface area contributed by atoms with Gasteiger partial charge in [0, 0.05) is 35.2 Å². The van der Waals surface area contributed by atoms with Gasteiger partial charge in [-0.3, -0.25) is 4.79 Å². The van der Waals surface area contributed by atoms with Gasteiger partial charge in [-0.2, -0.15) is 30.0 Å². The summed E-state index contributed by atoms with van der Waals surface area (Å²) in [6, 6.07) is 13.3. The van der Waals surface area contributed by atoms with Crippen molar-refractivity contribution in [2.75, 3.05) is 24.6 Å². The summed E-state index contributed by atoms with van der Waals surface area (Å²) >= 11 is 7.88. The van der Waals surface area contributed by atoms with Crippen LogP contribution in [0, 0.1) is 0 Å². The van der Waals surface area contributed by atoms with Crippen LogP contribution >= 0.6 is 23.4 Å². The number of aromatic nitrogens is 2. The van der Waals surface area contributed by atoms with Crippen molar-refractivity contribution >= 4 is 29.3 Å². The van der Waals surface area contributed by atoms with Crippen molar-refractivity contribution in [3.63, 3.8) is 0 Å². The van der Waals surface area contributed by atoms with Gasteiger partial charge in [0.1, 0.15) is 0 Å². The van der Waals surface area contributed by atoms with Crippen molar-refractivity contribution in [3.05, 3.63) is 70.9 Å². The third-order valence-corrected chi connectivity index (χ3v) is 5.94. The standard InChI is InChI=1S/C21H17ClF3N3OS/c22-16-5-2-6-17(12-16)28-19(14-3-1-4-15(11-14)21(23,24)25)13-18(26-28)20(29)27-7-9-30-10-8-27/h1-6,11-13H,7-10H2. The zero-order valence-electron chi connectivity index (χ0n) is 15.7. The van der Waals surface area contributed by atoms with Crippen molar-refractivity contribution < 1.29 is 18.0 Å². The molecular weight excluding hydrogens is 435 g/mol. The number of thioether (sulfide) groups is 1. The number of carbonyl (C=O) groups excluding carboxylic acids is 1. The number of carbonyl (C=O) groups is 1. The highest BCUT2D eigenvalue weighted by molar-refractivity contribution is 7.99. The van der Waals surface area contributed by atoms with Crippen LogP contribution in [-0.4, -0.2) is 45.2 Å². The van der Waals surface area contributed by atoms with Gasteiger partial charge in [0.2, 0.25) is 0 Å². The lowest BCUT2D eigenvalue weighted by Gasteiger charge is -2.25. The molecule has 1 amide bonds. The third kappa shape index (κ3) is 4.34. The zero-order valence-corrected chi connectivity index (χ0v) is 17.3. The van der Waals surface area contributed by atoms with Gasteiger partial charge in [-0.25, -0.2) is 4.68 Å². The van der Waals surface area contributed by atoms with E-state index in [2.05, 4.69) is 5.10 Å². The Hall–Kier alpha value is -2.45. The molecule has 4 rings (SSSR count). The monoisotopic (exact) mass is 451 g/mol. The maximum Gasteiger partial charge on any atom is 0.416 e. The Morgan fingerprint density at radius 1 is 1.03 bits per heavy atom. The molecular formula is C21H17ClF3N3OS. The van der Waals surface area contributed by atoms with E-state index in [1.54, 1.807) is 53.1 Å². The SMILES string of the molecule is O=C(c1cc(-c2cccc(C(F)(F)F)c2)n(-c2cccc(Cl)c2)n1)N1CCSCC1. The molecule has 2 heterocycles. The molecule has 0 saturated carbocycles. The molecule has 0 aliphatic carbocycles. The van der Waals surface area contributed by atoms with Crippen LogP contribution in [0.3, 0.4) is 0 Å². The molecule has 0 N–H and O–H groups in total. The molecule has 0 radical (unpaired) electrons. The Morgan fingerprint density at radius 2 is 1.77 bits per heavy atom. The van der Waals surface area contributed by atoms with Crippen molar-refractivity contribution in [2.24, 2.45) is 0 Å². The van der Waals surface area contributed by atoms with E-state index < -0.39 is 11.7 Å². The third-order valence-electron chi connectivity index (χ3n) is 4.77. The van der Waals surface area contributed by atoms with E-state index in [1.165, 1.54) is 10.7 Å². The Morgan fingerprint density at radius 3 is 2.47 bits per heavy atom. The van der Waals surface area contributed by atoms with Crippen LogP contribution in [0.2, 0.25) is 5.02 Å². The lowest BCUT2D eigenvalue weighted by Crippen LogP contribution is -2.38. The lowest BCUT2D eigenvalue weighted by molar-refractivity contribution is -0.137. The number of nitrogens with zero attached hydrogens (tertiary/aromatic N) is 3. The predicted octanol–water partition coefficient (Wildman–Crippen LogP) is 5.40. The Kier molecular flexibility index (Phi) is 5.79. The molecule has 4 nitrogen and oxygen atoms in total. The first-order valence-corrected chi connectivity index (χ1v) is 10.8. The summed E-state index contributed by atoms with van der Waals surface area (Å²) in [5.41, 5.74) is 0.681. The normalized spacial score (nSPS) is 14.7. The van der Waals surface area contributed by atoms with E-state index in [1.807, 2.05) is 0 Å². The molecule has 9 heteroatoms. The van der Waals surface area contributed by atoms with Crippen LogP contribution in [0.15, 0.2) is 54.6 Å². The summed E-state index contributed by atoms with van der Waals surface area (Å²) in [5, 5.41) is 4.90. The predicted molar refractivity (Wildman–Crippen MR) is 112 cm³/mol. The second-order valence-corrected chi connectivity index (χ2v) is 8.45. The summed E-state index contributed by atoms with van der Waals surface area (Å²) in [6.45, 7) is 1.23. The van der Waals surface area contributed by atoms with E-state index in [0.29, 0.717) is 35.1 Å². The number of alkyl halides is 3. The van der Waals surface area contributed by atoms with Crippen LogP contribution in [0.1, 0.15) is 16.1 Å². The molecule has 0 spiro atoms. The Balaban J connectivity index is 1.82. The quantitative estimate of drug-likeness (QED) is 0.535. The molecule has 0 unspecified atom stereocenters. The molecule has 0 bridgehead atoms. The fourth-order valence-electron chi connectivity index (χ4n) is 3.28. The Bertz CT molecular complexity index is 1080. The topological polar surface area (TPSA) is 38.1 Å². The van der Waals surface area contributed by atoms with E-state index in [9.17, 15) is 18.0 Å². The van der Waals surface area contributed by atoms with Gasteiger partial charge in [0.25, 0.3) is 5.91 Å². The summed E-state index contributed by atoms with van der Waals surface area (Å²) in [5.74, 6) is 1.46. The molecule has 1 saturated heterocycles. The Labute approximate surface area is 180 Å². The van der Waals surface area contributed by atoms with Crippen molar-refractivity contribution in [3.8, 4) is 16.9 Å². The van der Waals surface area contributed by atoms with E-state index >= 15 is 0 Å². The number of amides is 1. The maximum atomic E-state index is 13.2. The van der Waals surface area contributed by atoms with Gasteiger partial charge in [-0.1, -0.05) is 29.8 Å². The molecule has 156 valence electrons. The zero-order chi connectivity index (χ0) is 21.3. The summed E-state index contributed by atoms with van der Waals surface area (Å²) in [7, 11) is 0. The molecule has 1 aliphatic heterocycles. The van der Waals surface area contributed by atoms with Gasteiger partial charge in [-0.15, -0.1) is 0 Å². The van der Waals surface area contributed by atoms with Crippen LogP contribution in [0.25, 0.3) is 16.9 Å². The van der Waals surface area contributed by atoms with Crippen molar-refractivity contribution in [1.29, 1.82) is 0 Å². The van der Waals surface area contributed by atoms with Crippen LogP contribution in [0.4, 0.5) is 13.2 Å². The van der Waals surface area contributed by atoms with Crippen LogP contribution in [0.5, 0.6) is 0 Å². The van der Waals surface area contributed by atoms with E-state index in [-0.39, 0.29) is 11.6 Å². The largest absolute Gasteiger partial charge is 0.416 e. The minimum Gasteiger partial charge on any atom is -0.336 e. The van der Waals surface area contributed by atoms with Gasteiger partial charge in [-0.05, 0) is 36.4 Å². The molecule has 1 aromatic heterocycles. The lowest BCUT2D eigenvalue weighted by atomic mass is 10.1. The van der Waals surface area contributed by atoms with Crippen molar-refractivity contribution in [2.45, 2.75) is 6.18 Å². The number of benzene rings is 2. The number of hydrogen-bond acceptors (Lipinski definition) is 3. The van der Waals surface area contributed by atoms with E-state index in [0.717, 1.165) is 23.6 Å². The van der Waals surface area contributed by atoms with Gasteiger partial charge in [0.15, 0.2) is 5.69 Å². The molecule has 0 atom stereocenters. The first kappa shape index (κ1) is 20.8.